The summed E-state index contributed by atoms with van der Waals surface area (Å²) in [6.45, 7) is 2.43. The second kappa shape index (κ2) is 6.02. The number of benzene rings is 1. The zero-order valence-electron chi connectivity index (χ0n) is 11.3. The number of ether oxygens (including phenoxy) is 2. The zero-order chi connectivity index (χ0) is 13.9. The summed E-state index contributed by atoms with van der Waals surface area (Å²) in [6.07, 6.45) is 2.73. The number of halogens is 1. The van der Waals surface area contributed by atoms with Crippen molar-refractivity contribution in [1.29, 1.82) is 0 Å². The zero-order valence-corrected chi connectivity index (χ0v) is 12.0. The molecule has 0 bridgehead atoms. The fourth-order valence-electron chi connectivity index (χ4n) is 2.75. The van der Waals surface area contributed by atoms with Gasteiger partial charge >= 0.3 is 0 Å². The van der Waals surface area contributed by atoms with Crippen LogP contribution in [0.1, 0.15) is 24.0 Å². The number of carbonyl (C=O) groups is 1. The van der Waals surface area contributed by atoms with E-state index in [1.165, 1.54) is 0 Å². The van der Waals surface area contributed by atoms with Crippen LogP contribution in [0.15, 0.2) is 12.1 Å². The third kappa shape index (κ3) is 2.91. The van der Waals surface area contributed by atoms with Crippen molar-refractivity contribution in [2.75, 3.05) is 19.8 Å². The number of hydrogen-bond acceptors (Lipinski definition) is 3. The summed E-state index contributed by atoms with van der Waals surface area (Å²) in [5.41, 5.74) is 2.08. The SMILES string of the molecule is O=C(NCc1cc(Cl)cc2c1OCC2)C1CCCOC1. The van der Waals surface area contributed by atoms with Gasteiger partial charge in [-0.25, -0.2) is 0 Å². The number of carbonyl (C=O) groups excluding carboxylic acids is 1. The Morgan fingerprint density at radius 2 is 2.30 bits per heavy atom. The van der Waals surface area contributed by atoms with Gasteiger partial charge in [0.15, 0.2) is 0 Å². The van der Waals surface area contributed by atoms with E-state index in [4.69, 9.17) is 21.1 Å². The molecule has 1 aromatic carbocycles. The van der Waals surface area contributed by atoms with Gasteiger partial charge in [0.2, 0.25) is 5.91 Å². The van der Waals surface area contributed by atoms with E-state index < -0.39 is 0 Å². The minimum atomic E-state index is -0.0306. The van der Waals surface area contributed by atoms with Gasteiger partial charge in [-0.2, -0.15) is 0 Å². The fourth-order valence-corrected chi connectivity index (χ4v) is 3.01. The minimum Gasteiger partial charge on any atom is -0.493 e. The molecule has 0 saturated carbocycles. The van der Waals surface area contributed by atoms with Gasteiger partial charge in [0.1, 0.15) is 5.75 Å². The summed E-state index contributed by atoms with van der Waals surface area (Å²) in [6, 6.07) is 3.80. The predicted octanol–water partition coefficient (Wildman–Crippen LogP) is 2.32. The highest BCUT2D eigenvalue weighted by Crippen LogP contribution is 2.32. The van der Waals surface area contributed by atoms with Crippen molar-refractivity contribution in [1.82, 2.24) is 5.32 Å². The molecule has 5 heteroatoms. The predicted molar refractivity (Wildman–Crippen MR) is 76.0 cm³/mol. The van der Waals surface area contributed by atoms with E-state index in [0.29, 0.717) is 24.8 Å². The number of hydrogen-bond donors (Lipinski definition) is 1. The molecule has 0 radical (unpaired) electrons. The second-order valence-corrected chi connectivity index (χ2v) is 5.72. The molecule has 1 N–H and O–H groups in total. The van der Waals surface area contributed by atoms with Crippen LogP contribution in [0.4, 0.5) is 0 Å². The van der Waals surface area contributed by atoms with Crippen LogP contribution in [-0.4, -0.2) is 25.7 Å². The summed E-state index contributed by atoms with van der Waals surface area (Å²) >= 11 is 6.10. The van der Waals surface area contributed by atoms with Gasteiger partial charge in [0, 0.05) is 30.2 Å². The van der Waals surface area contributed by atoms with E-state index in [1.807, 2.05) is 12.1 Å². The first-order chi connectivity index (χ1) is 9.74. The van der Waals surface area contributed by atoms with Crippen molar-refractivity contribution >= 4 is 17.5 Å². The van der Waals surface area contributed by atoms with E-state index in [0.717, 1.165) is 42.7 Å². The van der Waals surface area contributed by atoms with E-state index in [9.17, 15) is 4.79 Å². The molecule has 1 fully saturated rings. The lowest BCUT2D eigenvalue weighted by Gasteiger charge is -2.21. The molecule has 20 heavy (non-hydrogen) atoms. The summed E-state index contributed by atoms with van der Waals surface area (Å²) in [5.74, 6) is 0.905. The minimum absolute atomic E-state index is 0.0306. The molecule has 1 unspecified atom stereocenters. The van der Waals surface area contributed by atoms with E-state index in [1.54, 1.807) is 0 Å². The van der Waals surface area contributed by atoms with Crippen LogP contribution in [0, 0.1) is 5.92 Å². The smallest absolute Gasteiger partial charge is 0.225 e. The van der Waals surface area contributed by atoms with Crippen molar-refractivity contribution in [3.8, 4) is 5.75 Å². The van der Waals surface area contributed by atoms with Gasteiger partial charge < -0.3 is 14.8 Å². The summed E-state index contributed by atoms with van der Waals surface area (Å²) in [5, 5.41) is 3.66. The third-order valence-corrected chi connectivity index (χ3v) is 4.03. The molecular formula is C15H18ClNO3. The monoisotopic (exact) mass is 295 g/mol. The number of fused-ring (bicyclic) bond motifs is 1. The Morgan fingerprint density at radius 3 is 3.10 bits per heavy atom. The number of rotatable bonds is 3. The Balaban J connectivity index is 1.65. The number of amides is 1. The molecule has 3 rings (SSSR count). The van der Waals surface area contributed by atoms with Crippen LogP contribution in [0.25, 0.3) is 0 Å². The largest absolute Gasteiger partial charge is 0.493 e. The summed E-state index contributed by atoms with van der Waals surface area (Å²) in [7, 11) is 0. The standard InChI is InChI=1S/C15H18ClNO3/c16-13-6-10-3-5-20-14(10)12(7-13)8-17-15(18)11-2-1-4-19-9-11/h6-7,11H,1-5,8-9H2,(H,17,18). The number of nitrogens with one attached hydrogen (secondary N) is 1. The molecule has 0 aliphatic carbocycles. The molecule has 4 nitrogen and oxygen atoms in total. The van der Waals surface area contributed by atoms with Gasteiger partial charge in [0.25, 0.3) is 0 Å². The third-order valence-electron chi connectivity index (χ3n) is 3.81. The maximum Gasteiger partial charge on any atom is 0.225 e. The van der Waals surface area contributed by atoms with Crippen LogP contribution in [0.3, 0.4) is 0 Å². The van der Waals surface area contributed by atoms with Gasteiger partial charge in [-0.3, -0.25) is 4.79 Å². The van der Waals surface area contributed by atoms with Crippen molar-refractivity contribution in [3.05, 3.63) is 28.3 Å². The maximum atomic E-state index is 12.1. The lowest BCUT2D eigenvalue weighted by molar-refractivity contribution is -0.129. The Bertz CT molecular complexity index is 512. The van der Waals surface area contributed by atoms with Crippen LogP contribution in [0.5, 0.6) is 5.75 Å². The van der Waals surface area contributed by atoms with Crippen LogP contribution in [-0.2, 0) is 22.5 Å². The quantitative estimate of drug-likeness (QED) is 0.931. The average Bonchev–Trinajstić information content (AvgIpc) is 2.93. The van der Waals surface area contributed by atoms with Gasteiger partial charge in [-0.15, -0.1) is 0 Å². The van der Waals surface area contributed by atoms with Crippen molar-refractivity contribution in [2.24, 2.45) is 5.92 Å². The van der Waals surface area contributed by atoms with Crippen molar-refractivity contribution in [2.45, 2.75) is 25.8 Å². The molecular weight excluding hydrogens is 278 g/mol. The molecule has 0 spiro atoms. The Morgan fingerprint density at radius 1 is 1.40 bits per heavy atom. The van der Waals surface area contributed by atoms with Crippen LogP contribution >= 0.6 is 11.6 Å². The van der Waals surface area contributed by atoms with Crippen molar-refractivity contribution in [3.63, 3.8) is 0 Å². The highest BCUT2D eigenvalue weighted by Gasteiger charge is 2.23. The van der Waals surface area contributed by atoms with E-state index >= 15 is 0 Å². The van der Waals surface area contributed by atoms with Crippen LogP contribution < -0.4 is 10.1 Å². The topological polar surface area (TPSA) is 47.6 Å². The average molecular weight is 296 g/mol. The van der Waals surface area contributed by atoms with Gasteiger partial charge in [0.05, 0.1) is 19.1 Å². The highest BCUT2D eigenvalue weighted by atomic mass is 35.5. The first-order valence-electron chi connectivity index (χ1n) is 7.03. The Kier molecular flexibility index (Phi) is 4.13. The fraction of sp³-hybridized carbons (Fsp3) is 0.533. The highest BCUT2D eigenvalue weighted by molar-refractivity contribution is 6.30. The Labute approximate surface area is 123 Å². The molecule has 2 aliphatic rings. The van der Waals surface area contributed by atoms with Gasteiger partial charge in [-0.05, 0) is 30.5 Å². The summed E-state index contributed by atoms with van der Waals surface area (Å²) < 4.78 is 11.0. The normalized spacial score (nSPS) is 21.1. The van der Waals surface area contributed by atoms with Crippen LogP contribution in [0.2, 0.25) is 5.02 Å². The first kappa shape index (κ1) is 13.7. The summed E-state index contributed by atoms with van der Waals surface area (Å²) in [4.78, 5) is 12.1. The van der Waals surface area contributed by atoms with Gasteiger partial charge in [-0.1, -0.05) is 11.6 Å². The maximum absolute atomic E-state index is 12.1. The molecule has 0 aromatic heterocycles. The lowest BCUT2D eigenvalue weighted by Crippen LogP contribution is -2.35. The second-order valence-electron chi connectivity index (χ2n) is 5.28. The lowest BCUT2D eigenvalue weighted by atomic mass is 10.0. The first-order valence-corrected chi connectivity index (χ1v) is 7.41. The molecule has 108 valence electrons. The molecule has 2 heterocycles. The molecule has 1 aromatic rings. The van der Waals surface area contributed by atoms with E-state index in [-0.39, 0.29) is 11.8 Å². The molecule has 1 atom stereocenters. The Hall–Kier alpha value is -1.26. The van der Waals surface area contributed by atoms with Crippen molar-refractivity contribution < 1.29 is 14.3 Å². The van der Waals surface area contributed by atoms with E-state index in [2.05, 4.69) is 5.32 Å². The molecule has 1 saturated heterocycles. The molecule has 2 aliphatic heterocycles. The molecule has 1 amide bonds.